The second kappa shape index (κ2) is 10.1. The van der Waals surface area contributed by atoms with Crippen LogP contribution in [-0.2, 0) is 6.54 Å². The van der Waals surface area contributed by atoms with Crippen LogP contribution in [0.4, 0.5) is 4.39 Å². The van der Waals surface area contributed by atoms with Gasteiger partial charge in [0.2, 0.25) is 5.88 Å². The highest BCUT2D eigenvalue weighted by molar-refractivity contribution is 5.80. The lowest BCUT2D eigenvalue weighted by atomic mass is 10.1. The number of nitrogens with one attached hydrogen (secondary N) is 2. The van der Waals surface area contributed by atoms with Crippen molar-refractivity contribution < 1.29 is 13.9 Å². The minimum Gasteiger partial charge on any atom is -0.490 e. The van der Waals surface area contributed by atoms with Crippen molar-refractivity contribution in [3.8, 4) is 11.6 Å². The van der Waals surface area contributed by atoms with Crippen LogP contribution in [-0.4, -0.2) is 31.2 Å². The van der Waals surface area contributed by atoms with Crippen LogP contribution < -0.4 is 20.1 Å². The monoisotopic (exact) mass is 400 g/mol. The lowest BCUT2D eigenvalue weighted by Crippen LogP contribution is -2.38. The summed E-state index contributed by atoms with van der Waals surface area (Å²) in [5.74, 6) is 1.80. The molecule has 1 saturated carbocycles. The van der Waals surface area contributed by atoms with E-state index >= 15 is 0 Å². The summed E-state index contributed by atoms with van der Waals surface area (Å²) in [6, 6.07) is 8.79. The molecule has 1 heterocycles. The molecule has 2 N–H and O–H groups in total. The fraction of sp³-hybridized carbons (Fsp3) is 0.455. The van der Waals surface area contributed by atoms with Gasteiger partial charge in [0, 0.05) is 25.9 Å². The van der Waals surface area contributed by atoms with Crippen molar-refractivity contribution >= 4 is 5.96 Å². The van der Waals surface area contributed by atoms with E-state index in [0.717, 1.165) is 11.1 Å². The van der Waals surface area contributed by atoms with Crippen LogP contribution in [0, 0.1) is 11.7 Å². The number of benzene rings is 1. The maximum atomic E-state index is 14.4. The Kier molecular flexibility index (Phi) is 7.27. The van der Waals surface area contributed by atoms with Crippen molar-refractivity contribution in [3.63, 3.8) is 0 Å². The lowest BCUT2D eigenvalue weighted by molar-refractivity contribution is 0.285. The molecule has 1 aromatic heterocycles. The summed E-state index contributed by atoms with van der Waals surface area (Å²) >= 11 is 0. The molecule has 0 saturated heterocycles. The van der Waals surface area contributed by atoms with E-state index in [1.165, 1.54) is 18.9 Å². The number of pyridine rings is 1. The van der Waals surface area contributed by atoms with Crippen molar-refractivity contribution in [2.45, 2.75) is 39.3 Å². The Morgan fingerprint density at radius 2 is 2.10 bits per heavy atom. The van der Waals surface area contributed by atoms with Crippen LogP contribution in [0.25, 0.3) is 0 Å². The Labute approximate surface area is 171 Å². The second-order valence-corrected chi connectivity index (χ2v) is 7.17. The van der Waals surface area contributed by atoms with Crippen LogP contribution in [0.15, 0.2) is 41.5 Å². The summed E-state index contributed by atoms with van der Waals surface area (Å²) in [5.41, 5.74) is 1.86. The van der Waals surface area contributed by atoms with E-state index in [4.69, 9.17) is 9.47 Å². The molecule has 0 aliphatic heterocycles. The molecule has 29 heavy (non-hydrogen) atoms. The Hall–Kier alpha value is -2.83. The summed E-state index contributed by atoms with van der Waals surface area (Å²) in [6.07, 6.45) is 4.08. The first-order valence-corrected chi connectivity index (χ1v) is 10.1. The molecule has 156 valence electrons. The third kappa shape index (κ3) is 6.34. The number of rotatable bonds is 9. The molecule has 3 rings (SSSR count). The van der Waals surface area contributed by atoms with Gasteiger partial charge in [-0.05, 0) is 61.9 Å². The zero-order valence-corrected chi connectivity index (χ0v) is 17.2. The average Bonchev–Trinajstić information content (AvgIpc) is 3.55. The first-order valence-electron chi connectivity index (χ1n) is 10.1. The van der Waals surface area contributed by atoms with E-state index in [2.05, 4.69) is 20.6 Å². The molecule has 0 amide bonds. The molecule has 1 atom stereocenters. The molecule has 0 radical (unpaired) electrons. The summed E-state index contributed by atoms with van der Waals surface area (Å²) < 4.78 is 25.3. The van der Waals surface area contributed by atoms with Crippen LogP contribution in [0.5, 0.6) is 11.6 Å². The van der Waals surface area contributed by atoms with Gasteiger partial charge in [-0.25, -0.2) is 9.37 Å². The Bertz CT molecular complexity index is 839. The molecule has 6 nitrogen and oxygen atoms in total. The van der Waals surface area contributed by atoms with Gasteiger partial charge in [0.05, 0.1) is 19.3 Å². The number of aliphatic imine (C=N–C) groups is 1. The van der Waals surface area contributed by atoms with Gasteiger partial charge in [-0.1, -0.05) is 6.07 Å². The predicted molar refractivity (Wildman–Crippen MR) is 112 cm³/mol. The molecule has 1 aliphatic carbocycles. The Balaban J connectivity index is 1.54. The highest BCUT2D eigenvalue weighted by atomic mass is 19.1. The van der Waals surface area contributed by atoms with Gasteiger partial charge in [0.15, 0.2) is 17.5 Å². The van der Waals surface area contributed by atoms with Gasteiger partial charge in [0.1, 0.15) is 0 Å². The molecule has 1 fully saturated rings. The van der Waals surface area contributed by atoms with Crippen molar-refractivity contribution in [1.29, 1.82) is 0 Å². The van der Waals surface area contributed by atoms with Gasteiger partial charge in [-0.2, -0.15) is 0 Å². The molecular formula is C22H29FN4O2. The van der Waals surface area contributed by atoms with E-state index < -0.39 is 0 Å². The molecule has 1 aliphatic rings. The summed E-state index contributed by atoms with van der Waals surface area (Å²) in [4.78, 5) is 8.42. The number of hydrogen-bond acceptors (Lipinski definition) is 4. The predicted octanol–water partition coefficient (Wildman–Crippen LogP) is 3.83. The number of halogens is 1. The maximum Gasteiger partial charge on any atom is 0.213 e. The van der Waals surface area contributed by atoms with Gasteiger partial charge in [0.25, 0.3) is 0 Å². The van der Waals surface area contributed by atoms with Gasteiger partial charge in [-0.15, -0.1) is 0 Å². The van der Waals surface area contributed by atoms with Gasteiger partial charge in [-0.3, -0.25) is 4.99 Å². The third-order valence-corrected chi connectivity index (χ3v) is 4.76. The zero-order chi connectivity index (χ0) is 20.6. The second-order valence-electron chi connectivity index (χ2n) is 7.17. The SMILES string of the molecule is CCOc1cc(CNC(=NC)NC(C)c2ccc(OCC3CC3)c(F)c2)ccn1. The highest BCUT2D eigenvalue weighted by Crippen LogP contribution is 2.30. The molecule has 0 bridgehead atoms. The first kappa shape index (κ1) is 20.9. The largest absolute Gasteiger partial charge is 0.490 e. The first-order chi connectivity index (χ1) is 14.1. The standard InChI is InChI=1S/C22H29FN4O2/c1-4-28-21-11-17(9-10-25-21)13-26-22(24-3)27-15(2)18-7-8-20(19(23)12-18)29-14-16-5-6-16/h7-12,15-16H,4-6,13-14H2,1-3H3,(H2,24,26,27). The Morgan fingerprint density at radius 3 is 2.79 bits per heavy atom. The molecule has 1 aromatic carbocycles. The van der Waals surface area contributed by atoms with E-state index in [-0.39, 0.29) is 11.9 Å². The van der Waals surface area contributed by atoms with Crippen LogP contribution in [0.1, 0.15) is 43.9 Å². The minimum absolute atomic E-state index is 0.121. The maximum absolute atomic E-state index is 14.4. The van der Waals surface area contributed by atoms with Crippen LogP contribution in [0.3, 0.4) is 0 Å². The van der Waals surface area contributed by atoms with Crippen LogP contribution >= 0.6 is 0 Å². The topological polar surface area (TPSA) is 67.8 Å². The van der Waals surface area contributed by atoms with Crippen molar-refractivity contribution in [2.75, 3.05) is 20.3 Å². The van der Waals surface area contributed by atoms with Crippen molar-refractivity contribution in [3.05, 3.63) is 53.5 Å². The molecular weight excluding hydrogens is 371 g/mol. The number of hydrogen-bond donors (Lipinski definition) is 2. The zero-order valence-electron chi connectivity index (χ0n) is 17.2. The smallest absolute Gasteiger partial charge is 0.213 e. The fourth-order valence-corrected chi connectivity index (χ4v) is 2.85. The van der Waals surface area contributed by atoms with Gasteiger partial charge >= 0.3 is 0 Å². The van der Waals surface area contributed by atoms with E-state index in [1.807, 2.05) is 32.0 Å². The summed E-state index contributed by atoms with van der Waals surface area (Å²) in [7, 11) is 1.70. The summed E-state index contributed by atoms with van der Waals surface area (Å²) in [6.45, 7) is 5.63. The Morgan fingerprint density at radius 1 is 1.28 bits per heavy atom. The van der Waals surface area contributed by atoms with E-state index in [1.54, 1.807) is 19.3 Å². The highest BCUT2D eigenvalue weighted by Gasteiger charge is 2.22. The number of nitrogens with zero attached hydrogens (tertiary/aromatic N) is 2. The fourth-order valence-electron chi connectivity index (χ4n) is 2.85. The average molecular weight is 400 g/mol. The number of ether oxygens (including phenoxy) is 2. The number of aromatic nitrogens is 1. The third-order valence-electron chi connectivity index (χ3n) is 4.76. The normalized spacial score (nSPS) is 15.0. The van der Waals surface area contributed by atoms with E-state index in [0.29, 0.717) is 43.3 Å². The summed E-state index contributed by atoms with van der Waals surface area (Å²) in [5, 5.41) is 6.54. The molecule has 1 unspecified atom stereocenters. The number of guanidine groups is 1. The molecule has 0 spiro atoms. The van der Waals surface area contributed by atoms with E-state index in [9.17, 15) is 4.39 Å². The van der Waals surface area contributed by atoms with Crippen molar-refractivity contribution in [1.82, 2.24) is 15.6 Å². The van der Waals surface area contributed by atoms with Gasteiger partial charge < -0.3 is 20.1 Å². The lowest BCUT2D eigenvalue weighted by Gasteiger charge is -2.19. The minimum atomic E-state index is -0.333. The molecule has 2 aromatic rings. The van der Waals surface area contributed by atoms with Crippen molar-refractivity contribution in [2.24, 2.45) is 10.9 Å². The quantitative estimate of drug-likeness (QED) is 0.495. The molecule has 7 heteroatoms. The van der Waals surface area contributed by atoms with Crippen LogP contribution in [0.2, 0.25) is 0 Å².